The Morgan fingerprint density at radius 1 is 1.05 bits per heavy atom. The molecule has 20 heavy (non-hydrogen) atoms. The van der Waals surface area contributed by atoms with E-state index >= 15 is 0 Å². The maximum Gasteiger partial charge on any atom is 0.0603 e. The van der Waals surface area contributed by atoms with Gasteiger partial charge in [0.05, 0.1) is 11.4 Å². The summed E-state index contributed by atoms with van der Waals surface area (Å²) in [5.74, 6) is 0.578. The van der Waals surface area contributed by atoms with Gasteiger partial charge < -0.3 is 10.6 Å². The van der Waals surface area contributed by atoms with Crippen LogP contribution in [0.4, 0.5) is 11.4 Å². The van der Waals surface area contributed by atoms with Crippen molar-refractivity contribution in [3.8, 4) is 0 Å². The molecule has 106 valence electrons. The molecule has 0 radical (unpaired) electrons. The van der Waals surface area contributed by atoms with Crippen molar-refractivity contribution in [2.75, 3.05) is 17.7 Å². The van der Waals surface area contributed by atoms with Crippen LogP contribution in [-0.4, -0.2) is 7.05 Å². The Bertz CT molecular complexity index is 570. The first-order chi connectivity index (χ1) is 9.47. The predicted octanol–water partition coefficient (Wildman–Crippen LogP) is 4.34. The Morgan fingerprint density at radius 2 is 1.70 bits per heavy atom. The zero-order chi connectivity index (χ0) is 14.7. The summed E-state index contributed by atoms with van der Waals surface area (Å²) in [5, 5.41) is 0. The van der Waals surface area contributed by atoms with Gasteiger partial charge in [0.25, 0.3) is 0 Å². The van der Waals surface area contributed by atoms with Gasteiger partial charge in [0.1, 0.15) is 0 Å². The summed E-state index contributed by atoms with van der Waals surface area (Å²) in [6.45, 7) is 7.39. The third-order valence-corrected chi connectivity index (χ3v) is 3.66. The van der Waals surface area contributed by atoms with Gasteiger partial charge in [-0.2, -0.15) is 0 Å². The van der Waals surface area contributed by atoms with Crippen LogP contribution in [0.3, 0.4) is 0 Å². The van der Waals surface area contributed by atoms with Crippen LogP contribution in [0.1, 0.15) is 36.5 Å². The van der Waals surface area contributed by atoms with Crippen LogP contribution in [0.2, 0.25) is 0 Å². The molecule has 0 aliphatic heterocycles. The minimum Gasteiger partial charge on any atom is -0.397 e. The van der Waals surface area contributed by atoms with Crippen LogP contribution in [-0.2, 0) is 6.54 Å². The number of benzene rings is 2. The van der Waals surface area contributed by atoms with Crippen LogP contribution >= 0.6 is 0 Å². The highest BCUT2D eigenvalue weighted by atomic mass is 15.1. The van der Waals surface area contributed by atoms with Crippen LogP contribution in [0.5, 0.6) is 0 Å². The first-order valence-electron chi connectivity index (χ1n) is 7.13. The van der Waals surface area contributed by atoms with E-state index < -0.39 is 0 Å². The highest BCUT2D eigenvalue weighted by Gasteiger charge is 2.07. The molecule has 0 atom stereocenters. The van der Waals surface area contributed by atoms with Gasteiger partial charge in [-0.15, -0.1) is 0 Å². The van der Waals surface area contributed by atoms with Gasteiger partial charge in [-0.25, -0.2) is 0 Å². The molecular weight excluding hydrogens is 244 g/mol. The van der Waals surface area contributed by atoms with E-state index in [-0.39, 0.29) is 0 Å². The van der Waals surface area contributed by atoms with Gasteiger partial charge in [-0.05, 0) is 41.7 Å². The zero-order valence-corrected chi connectivity index (χ0v) is 12.9. The van der Waals surface area contributed by atoms with Gasteiger partial charge in [-0.1, -0.05) is 44.2 Å². The normalized spacial score (nSPS) is 10.8. The van der Waals surface area contributed by atoms with Crippen molar-refractivity contribution < 1.29 is 0 Å². The van der Waals surface area contributed by atoms with Crippen molar-refractivity contribution in [3.05, 3.63) is 59.2 Å². The molecule has 0 saturated carbocycles. The number of rotatable bonds is 4. The van der Waals surface area contributed by atoms with Gasteiger partial charge in [0, 0.05) is 13.6 Å². The van der Waals surface area contributed by atoms with E-state index in [1.165, 1.54) is 16.7 Å². The van der Waals surface area contributed by atoms with E-state index in [0.29, 0.717) is 5.92 Å². The average Bonchev–Trinajstić information content (AvgIpc) is 2.42. The van der Waals surface area contributed by atoms with Gasteiger partial charge in [0.2, 0.25) is 0 Å². The van der Waals surface area contributed by atoms with Crippen LogP contribution in [0.25, 0.3) is 0 Å². The van der Waals surface area contributed by atoms with Crippen LogP contribution < -0.4 is 10.6 Å². The van der Waals surface area contributed by atoms with E-state index in [1.807, 2.05) is 12.1 Å². The third kappa shape index (κ3) is 3.32. The molecule has 0 spiro atoms. The minimum absolute atomic E-state index is 0.578. The molecule has 2 aromatic rings. The predicted molar refractivity (Wildman–Crippen MR) is 88.2 cm³/mol. The number of hydrogen-bond donors (Lipinski definition) is 1. The minimum atomic E-state index is 0.578. The van der Waals surface area contributed by atoms with Gasteiger partial charge in [-0.3, -0.25) is 0 Å². The molecule has 2 aromatic carbocycles. The Labute approximate surface area is 122 Å². The summed E-state index contributed by atoms with van der Waals surface area (Å²) >= 11 is 0. The summed E-state index contributed by atoms with van der Waals surface area (Å²) in [5.41, 5.74) is 11.9. The first kappa shape index (κ1) is 14.4. The molecule has 0 aromatic heterocycles. The molecule has 0 unspecified atom stereocenters. The highest BCUT2D eigenvalue weighted by molar-refractivity contribution is 5.68. The third-order valence-electron chi connectivity index (χ3n) is 3.66. The van der Waals surface area contributed by atoms with Crippen molar-refractivity contribution >= 4 is 11.4 Å². The second kappa shape index (κ2) is 6.00. The van der Waals surface area contributed by atoms with Crippen LogP contribution in [0, 0.1) is 6.92 Å². The molecule has 0 heterocycles. The lowest BCUT2D eigenvalue weighted by molar-refractivity contribution is 0.861. The molecule has 0 bridgehead atoms. The standard InChI is InChI=1S/C18H24N2/c1-13(2)16-8-6-15(7-9-16)12-20(4)18-11-14(3)5-10-17(18)19/h5-11,13H,12,19H2,1-4H3. The maximum atomic E-state index is 6.07. The van der Waals surface area contributed by atoms with Crippen LogP contribution in [0.15, 0.2) is 42.5 Å². The lowest BCUT2D eigenvalue weighted by atomic mass is 10.0. The second-order valence-electron chi connectivity index (χ2n) is 5.81. The Balaban J connectivity index is 2.14. The lowest BCUT2D eigenvalue weighted by Crippen LogP contribution is -2.17. The largest absolute Gasteiger partial charge is 0.397 e. The molecule has 0 aliphatic carbocycles. The number of nitrogen functional groups attached to an aromatic ring is 1. The summed E-state index contributed by atoms with van der Waals surface area (Å²) < 4.78 is 0. The van der Waals surface area contributed by atoms with E-state index in [2.05, 4.69) is 63.1 Å². The molecule has 2 nitrogen and oxygen atoms in total. The molecule has 2 heteroatoms. The van der Waals surface area contributed by atoms with Gasteiger partial charge >= 0.3 is 0 Å². The molecular formula is C18H24N2. The van der Waals surface area contributed by atoms with Crippen molar-refractivity contribution in [2.24, 2.45) is 0 Å². The van der Waals surface area contributed by atoms with Gasteiger partial charge in [0.15, 0.2) is 0 Å². The molecule has 0 saturated heterocycles. The summed E-state index contributed by atoms with van der Waals surface area (Å²) in [6, 6.07) is 15.0. The molecule has 2 N–H and O–H groups in total. The van der Waals surface area contributed by atoms with Crippen molar-refractivity contribution in [1.82, 2.24) is 0 Å². The molecule has 2 rings (SSSR count). The highest BCUT2D eigenvalue weighted by Crippen LogP contribution is 2.25. The van der Waals surface area contributed by atoms with Crippen molar-refractivity contribution in [1.29, 1.82) is 0 Å². The summed E-state index contributed by atoms with van der Waals surface area (Å²) in [7, 11) is 2.08. The first-order valence-corrected chi connectivity index (χ1v) is 7.13. The van der Waals surface area contributed by atoms with E-state index in [4.69, 9.17) is 5.73 Å². The Hall–Kier alpha value is -1.96. The number of hydrogen-bond acceptors (Lipinski definition) is 2. The number of anilines is 2. The average molecular weight is 268 g/mol. The van der Waals surface area contributed by atoms with E-state index in [9.17, 15) is 0 Å². The topological polar surface area (TPSA) is 29.3 Å². The zero-order valence-electron chi connectivity index (χ0n) is 12.9. The molecule has 0 amide bonds. The number of aryl methyl sites for hydroxylation is 1. The SMILES string of the molecule is Cc1ccc(N)c(N(C)Cc2ccc(C(C)C)cc2)c1. The smallest absolute Gasteiger partial charge is 0.0603 e. The molecule has 0 aliphatic rings. The fourth-order valence-electron chi connectivity index (χ4n) is 2.35. The maximum absolute atomic E-state index is 6.07. The van der Waals surface area contributed by atoms with Crippen molar-refractivity contribution in [2.45, 2.75) is 33.2 Å². The fraction of sp³-hybridized carbons (Fsp3) is 0.333. The van der Waals surface area contributed by atoms with E-state index in [0.717, 1.165) is 17.9 Å². The lowest BCUT2D eigenvalue weighted by Gasteiger charge is -2.22. The summed E-state index contributed by atoms with van der Waals surface area (Å²) in [6.07, 6.45) is 0. The number of nitrogens with zero attached hydrogens (tertiary/aromatic N) is 1. The number of nitrogens with two attached hydrogens (primary N) is 1. The van der Waals surface area contributed by atoms with E-state index in [1.54, 1.807) is 0 Å². The molecule has 0 fully saturated rings. The van der Waals surface area contributed by atoms with Crippen molar-refractivity contribution in [3.63, 3.8) is 0 Å². The second-order valence-corrected chi connectivity index (χ2v) is 5.81. The summed E-state index contributed by atoms with van der Waals surface area (Å²) in [4.78, 5) is 2.20. The Morgan fingerprint density at radius 3 is 2.30 bits per heavy atom. The Kier molecular flexibility index (Phi) is 4.33. The monoisotopic (exact) mass is 268 g/mol. The fourth-order valence-corrected chi connectivity index (χ4v) is 2.35. The quantitative estimate of drug-likeness (QED) is 0.836.